The summed E-state index contributed by atoms with van der Waals surface area (Å²) in [5.74, 6) is 0.763. The second kappa shape index (κ2) is 6.04. The van der Waals surface area contributed by atoms with E-state index >= 15 is 0 Å². The van der Waals surface area contributed by atoms with Crippen LogP contribution >= 0.6 is 23.2 Å². The number of aromatic nitrogens is 2. The number of likely N-dealkylation sites (N-methyl/N-ethyl adjacent to an activating group) is 1. The van der Waals surface area contributed by atoms with Crippen LogP contribution in [-0.2, 0) is 0 Å². The largest absolute Gasteiger partial charge is 0.351 e. The van der Waals surface area contributed by atoms with Crippen molar-refractivity contribution in [3.63, 3.8) is 0 Å². The van der Waals surface area contributed by atoms with Gasteiger partial charge in [0.1, 0.15) is 5.02 Å². The van der Waals surface area contributed by atoms with E-state index in [2.05, 4.69) is 33.7 Å². The zero-order chi connectivity index (χ0) is 13.1. The first kappa shape index (κ1) is 13.8. The molecule has 1 aliphatic heterocycles. The lowest BCUT2D eigenvalue weighted by molar-refractivity contribution is 0.327. The molecule has 4 nitrogen and oxygen atoms in total. The van der Waals surface area contributed by atoms with Crippen LogP contribution in [0.2, 0.25) is 10.3 Å². The normalized spacial score (nSPS) is 22.0. The molecule has 2 rings (SSSR count). The molecule has 1 saturated heterocycles. The Bertz CT molecular complexity index is 413. The van der Waals surface area contributed by atoms with Gasteiger partial charge < -0.3 is 9.80 Å². The Morgan fingerprint density at radius 2 is 2.17 bits per heavy atom. The highest BCUT2D eigenvalue weighted by Gasteiger charge is 2.25. The topological polar surface area (TPSA) is 32.3 Å². The first-order chi connectivity index (χ1) is 8.61. The zero-order valence-corrected chi connectivity index (χ0v) is 12.2. The van der Waals surface area contributed by atoms with Gasteiger partial charge in [0.2, 0.25) is 5.28 Å². The summed E-state index contributed by atoms with van der Waals surface area (Å²) >= 11 is 12.1. The van der Waals surface area contributed by atoms with E-state index in [1.807, 2.05) is 0 Å². The number of hydrogen-bond acceptors (Lipinski definition) is 4. The van der Waals surface area contributed by atoms with E-state index < -0.39 is 0 Å². The fourth-order valence-corrected chi connectivity index (χ4v) is 2.74. The maximum atomic E-state index is 6.20. The molecule has 0 radical (unpaired) electrons. The number of rotatable bonds is 2. The Hall–Kier alpha value is -0.580. The monoisotopic (exact) mass is 288 g/mol. The predicted molar refractivity (Wildman–Crippen MR) is 75.6 cm³/mol. The van der Waals surface area contributed by atoms with Gasteiger partial charge in [0.25, 0.3) is 0 Å². The fraction of sp³-hybridized carbons (Fsp3) is 0.667. The van der Waals surface area contributed by atoms with Crippen molar-refractivity contribution < 1.29 is 0 Å². The summed E-state index contributed by atoms with van der Waals surface area (Å²) in [5.41, 5.74) is 0. The van der Waals surface area contributed by atoms with Crippen LogP contribution in [0.1, 0.15) is 19.8 Å². The molecule has 100 valence electrons. The molecular formula is C12H18Cl2N4. The van der Waals surface area contributed by atoms with E-state index in [0.717, 1.165) is 38.3 Å². The quantitative estimate of drug-likeness (QED) is 0.784. The van der Waals surface area contributed by atoms with E-state index in [1.165, 1.54) is 0 Å². The molecule has 0 amide bonds. The van der Waals surface area contributed by atoms with Crippen LogP contribution in [0.15, 0.2) is 6.20 Å². The van der Waals surface area contributed by atoms with Gasteiger partial charge in [0, 0.05) is 19.1 Å². The third-order valence-corrected chi connectivity index (χ3v) is 3.79. The molecule has 1 aromatic heterocycles. The molecule has 6 heteroatoms. The standard InChI is InChI=1S/C12H18Cl2N4/c1-3-9-8-17(2)5-4-6-18(9)11-10(13)7-15-12(14)16-11/h7,9H,3-6,8H2,1-2H3. The van der Waals surface area contributed by atoms with E-state index in [-0.39, 0.29) is 5.28 Å². The van der Waals surface area contributed by atoms with Gasteiger partial charge in [0.15, 0.2) is 5.82 Å². The summed E-state index contributed by atoms with van der Waals surface area (Å²) in [6, 6.07) is 0.418. The molecule has 0 aromatic carbocycles. The number of halogens is 2. The molecule has 0 spiro atoms. The third kappa shape index (κ3) is 3.05. The minimum absolute atomic E-state index is 0.252. The van der Waals surface area contributed by atoms with E-state index in [9.17, 15) is 0 Å². The van der Waals surface area contributed by atoms with Crippen molar-refractivity contribution >= 4 is 29.0 Å². The summed E-state index contributed by atoms with van der Waals surface area (Å²) in [6.45, 7) is 5.27. The molecule has 2 heterocycles. The van der Waals surface area contributed by atoms with Crippen molar-refractivity contribution in [1.82, 2.24) is 14.9 Å². The van der Waals surface area contributed by atoms with Crippen molar-refractivity contribution in [3.8, 4) is 0 Å². The van der Waals surface area contributed by atoms with E-state index in [1.54, 1.807) is 6.20 Å². The minimum atomic E-state index is 0.252. The van der Waals surface area contributed by atoms with Crippen LogP contribution in [-0.4, -0.2) is 47.6 Å². The van der Waals surface area contributed by atoms with Crippen LogP contribution in [0.4, 0.5) is 5.82 Å². The average molecular weight is 289 g/mol. The summed E-state index contributed by atoms with van der Waals surface area (Å²) in [7, 11) is 2.15. The van der Waals surface area contributed by atoms with Gasteiger partial charge in [-0.25, -0.2) is 4.98 Å². The number of hydrogen-bond donors (Lipinski definition) is 0. The maximum absolute atomic E-state index is 6.20. The summed E-state index contributed by atoms with van der Waals surface area (Å²) in [4.78, 5) is 12.8. The van der Waals surface area contributed by atoms with Gasteiger partial charge >= 0.3 is 0 Å². The first-order valence-electron chi connectivity index (χ1n) is 6.25. The molecule has 0 aliphatic carbocycles. The van der Waals surface area contributed by atoms with Crippen molar-refractivity contribution in [3.05, 3.63) is 16.5 Å². The lowest BCUT2D eigenvalue weighted by atomic mass is 10.2. The van der Waals surface area contributed by atoms with Crippen LogP contribution in [0.25, 0.3) is 0 Å². The van der Waals surface area contributed by atoms with Gasteiger partial charge in [-0.15, -0.1) is 0 Å². The molecule has 1 aromatic rings. The van der Waals surface area contributed by atoms with Crippen LogP contribution < -0.4 is 4.90 Å². The predicted octanol–water partition coefficient (Wildman–Crippen LogP) is 2.70. The summed E-state index contributed by atoms with van der Waals surface area (Å²) in [5, 5.41) is 0.823. The number of nitrogens with zero attached hydrogens (tertiary/aromatic N) is 4. The van der Waals surface area contributed by atoms with Crippen molar-refractivity contribution in [1.29, 1.82) is 0 Å². The molecular weight excluding hydrogens is 271 g/mol. The Morgan fingerprint density at radius 1 is 1.39 bits per heavy atom. The maximum Gasteiger partial charge on any atom is 0.224 e. The molecule has 0 bridgehead atoms. The molecule has 0 saturated carbocycles. The second-order valence-corrected chi connectivity index (χ2v) is 5.43. The molecule has 1 atom stereocenters. The lowest BCUT2D eigenvalue weighted by Gasteiger charge is -2.31. The van der Waals surface area contributed by atoms with Crippen LogP contribution in [0, 0.1) is 0 Å². The van der Waals surface area contributed by atoms with Gasteiger partial charge in [-0.05, 0) is 38.0 Å². The molecule has 1 aliphatic rings. The minimum Gasteiger partial charge on any atom is -0.351 e. The van der Waals surface area contributed by atoms with E-state index in [0.29, 0.717) is 11.1 Å². The summed E-state index contributed by atoms with van der Waals surface area (Å²) in [6.07, 6.45) is 3.74. The molecule has 1 fully saturated rings. The molecule has 0 N–H and O–H groups in total. The molecule has 1 unspecified atom stereocenters. The second-order valence-electron chi connectivity index (χ2n) is 4.68. The lowest BCUT2D eigenvalue weighted by Crippen LogP contribution is -2.40. The van der Waals surface area contributed by atoms with Gasteiger partial charge in [0.05, 0.1) is 6.20 Å². The Kier molecular flexibility index (Phi) is 4.65. The smallest absolute Gasteiger partial charge is 0.224 e. The highest BCUT2D eigenvalue weighted by molar-refractivity contribution is 6.33. The Balaban J connectivity index is 2.31. The SMILES string of the molecule is CCC1CN(C)CCCN1c1nc(Cl)ncc1Cl. The fourth-order valence-electron chi connectivity index (χ4n) is 2.41. The number of anilines is 1. The molecule has 18 heavy (non-hydrogen) atoms. The van der Waals surface area contributed by atoms with Crippen molar-refractivity contribution in [2.24, 2.45) is 0 Å². The van der Waals surface area contributed by atoms with Crippen molar-refractivity contribution in [2.75, 3.05) is 31.6 Å². The highest BCUT2D eigenvalue weighted by Crippen LogP contribution is 2.27. The highest BCUT2D eigenvalue weighted by atomic mass is 35.5. The van der Waals surface area contributed by atoms with Gasteiger partial charge in [-0.1, -0.05) is 18.5 Å². The first-order valence-corrected chi connectivity index (χ1v) is 7.00. The van der Waals surface area contributed by atoms with E-state index in [4.69, 9.17) is 23.2 Å². The third-order valence-electron chi connectivity index (χ3n) is 3.34. The summed E-state index contributed by atoms with van der Waals surface area (Å²) < 4.78 is 0. The Morgan fingerprint density at radius 3 is 2.89 bits per heavy atom. The van der Waals surface area contributed by atoms with Crippen LogP contribution in [0.3, 0.4) is 0 Å². The average Bonchev–Trinajstić information content (AvgIpc) is 2.53. The Labute approximate surface area is 118 Å². The zero-order valence-electron chi connectivity index (χ0n) is 10.7. The van der Waals surface area contributed by atoms with Gasteiger partial charge in [-0.3, -0.25) is 0 Å². The van der Waals surface area contributed by atoms with Crippen molar-refractivity contribution in [2.45, 2.75) is 25.8 Å². The van der Waals surface area contributed by atoms with Crippen LogP contribution in [0.5, 0.6) is 0 Å². The van der Waals surface area contributed by atoms with Gasteiger partial charge in [-0.2, -0.15) is 4.98 Å².